The first-order valence-corrected chi connectivity index (χ1v) is 6.76. The summed E-state index contributed by atoms with van der Waals surface area (Å²) in [4.78, 5) is 0. The van der Waals surface area contributed by atoms with E-state index in [4.69, 9.17) is 0 Å². The van der Waals surface area contributed by atoms with Crippen LogP contribution in [0.25, 0.3) is 0 Å². The van der Waals surface area contributed by atoms with Crippen LogP contribution in [0.15, 0.2) is 0 Å². The second kappa shape index (κ2) is 4.20. The summed E-state index contributed by atoms with van der Waals surface area (Å²) in [5.74, 6) is 0.338. The molecule has 0 aromatic carbocycles. The fraction of sp³-hybridized carbons (Fsp3) is 1.00. The highest BCUT2D eigenvalue weighted by molar-refractivity contribution is 7.89. The van der Waals surface area contributed by atoms with Gasteiger partial charge >= 0.3 is 0 Å². The molecule has 2 aliphatic heterocycles. The number of hydrogen-bond donors (Lipinski definition) is 1. The third kappa shape index (κ3) is 2.30. The molecule has 2 saturated heterocycles. The molecule has 0 aromatic rings. The van der Waals surface area contributed by atoms with Crippen LogP contribution in [0.4, 0.5) is 0 Å². The van der Waals surface area contributed by atoms with Gasteiger partial charge in [0.2, 0.25) is 10.0 Å². The summed E-state index contributed by atoms with van der Waals surface area (Å²) in [6, 6.07) is 0.0972. The molecular weight excluding hydrogens is 236 g/mol. The number of nitrogens with zero attached hydrogens (tertiary/aromatic N) is 1. The van der Waals surface area contributed by atoms with Crippen molar-refractivity contribution in [3.05, 3.63) is 0 Å². The van der Waals surface area contributed by atoms with E-state index in [9.17, 15) is 8.42 Å². The first kappa shape index (κ1) is 13.2. The lowest BCUT2D eigenvalue weighted by Crippen LogP contribution is -2.34. The second-order valence-corrected chi connectivity index (χ2v) is 6.74. The zero-order valence-corrected chi connectivity index (χ0v) is 10.8. The molecule has 0 amide bonds. The number of halogens is 1. The van der Waals surface area contributed by atoms with Gasteiger partial charge < -0.3 is 5.32 Å². The minimum Gasteiger partial charge on any atom is -0.316 e. The molecule has 90 valence electrons. The van der Waals surface area contributed by atoms with Crippen LogP contribution < -0.4 is 5.32 Å². The summed E-state index contributed by atoms with van der Waals surface area (Å²) in [5.41, 5.74) is 0.00308. The van der Waals surface area contributed by atoms with Gasteiger partial charge in [-0.05, 0) is 26.8 Å². The normalized spacial score (nSPS) is 34.9. The highest BCUT2D eigenvalue weighted by atomic mass is 35.5. The topological polar surface area (TPSA) is 49.4 Å². The summed E-state index contributed by atoms with van der Waals surface area (Å²) < 4.78 is 25.4. The summed E-state index contributed by atoms with van der Waals surface area (Å²) in [5, 5.41) is 3.26. The van der Waals surface area contributed by atoms with Gasteiger partial charge in [0.15, 0.2) is 0 Å². The van der Waals surface area contributed by atoms with E-state index in [1.165, 1.54) is 0 Å². The van der Waals surface area contributed by atoms with Crippen molar-refractivity contribution < 1.29 is 8.42 Å². The lowest BCUT2D eigenvalue weighted by atomic mass is 9.89. The van der Waals surface area contributed by atoms with Gasteiger partial charge in [-0.15, -0.1) is 12.4 Å². The van der Waals surface area contributed by atoms with Crippen molar-refractivity contribution in [2.24, 2.45) is 5.41 Å². The van der Waals surface area contributed by atoms with E-state index >= 15 is 0 Å². The summed E-state index contributed by atoms with van der Waals surface area (Å²) in [7, 11) is -2.98. The molecule has 2 fully saturated rings. The zero-order valence-electron chi connectivity index (χ0n) is 9.19. The number of hydrogen-bond acceptors (Lipinski definition) is 3. The van der Waals surface area contributed by atoms with E-state index in [1.807, 2.05) is 13.8 Å². The molecule has 1 spiro atoms. The fourth-order valence-corrected chi connectivity index (χ4v) is 4.89. The standard InChI is InChI=1S/C9H18N2O2S.ClH/c1-8(2)11-6-9(3-4-10-5-9)7-14(11,12)13;/h8,10H,3-7H2,1-2H3;1H. The largest absolute Gasteiger partial charge is 0.316 e. The Labute approximate surface area is 97.9 Å². The van der Waals surface area contributed by atoms with Crippen molar-refractivity contribution in [1.82, 2.24) is 9.62 Å². The third-order valence-corrected chi connectivity index (χ3v) is 5.49. The molecule has 4 nitrogen and oxygen atoms in total. The Morgan fingerprint density at radius 1 is 1.40 bits per heavy atom. The minimum atomic E-state index is -2.98. The van der Waals surface area contributed by atoms with E-state index in [0.29, 0.717) is 12.3 Å². The van der Waals surface area contributed by atoms with Crippen molar-refractivity contribution in [3.8, 4) is 0 Å². The maximum absolute atomic E-state index is 11.9. The number of nitrogens with one attached hydrogen (secondary N) is 1. The SMILES string of the molecule is CC(C)N1CC2(CCNC2)CS1(=O)=O.Cl. The predicted molar refractivity (Wildman–Crippen MR) is 62.8 cm³/mol. The van der Waals surface area contributed by atoms with Gasteiger partial charge in [-0.25, -0.2) is 8.42 Å². The molecular formula is C9H19ClN2O2S. The van der Waals surface area contributed by atoms with Crippen molar-refractivity contribution in [3.63, 3.8) is 0 Å². The first-order valence-electron chi connectivity index (χ1n) is 5.16. The van der Waals surface area contributed by atoms with Crippen LogP contribution in [-0.4, -0.2) is 44.2 Å². The van der Waals surface area contributed by atoms with E-state index in [0.717, 1.165) is 19.5 Å². The van der Waals surface area contributed by atoms with Crippen LogP contribution >= 0.6 is 12.4 Å². The van der Waals surface area contributed by atoms with Crippen LogP contribution in [0.2, 0.25) is 0 Å². The summed E-state index contributed by atoms with van der Waals surface area (Å²) >= 11 is 0. The van der Waals surface area contributed by atoms with Gasteiger partial charge in [-0.3, -0.25) is 0 Å². The predicted octanol–water partition coefficient (Wildman–Crippen LogP) is 0.442. The van der Waals surface area contributed by atoms with Crippen molar-refractivity contribution in [2.75, 3.05) is 25.4 Å². The number of sulfonamides is 1. The molecule has 0 radical (unpaired) electrons. The Kier molecular flexibility index (Phi) is 3.70. The quantitative estimate of drug-likeness (QED) is 0.739. The summed E-state index contributed by atoms with van der Waals surface area (Å²) in [6.07, 6.45) is 0.995. The lowest BCUT2D eigenvalue weighted by molar-refractivity contribution is 0.277. The third-order valence-electron chi connectivity index (χ3n) is 3.25. The van der Waals surface area contributed by atoms with Gasteiger partial charge in [0.1, 0.15) is 0 Å². The van der Waals surface area contributed by atoms with Gasteiger partial charge in [0.05, 0.1) is 5.75 Å². The lowest BCUT2D eigenvalue weighted by Gasteiger charge is -2.22. The summed E-state index contributed by atoms with van der Waals surface area (Å²) in [6.45, 7) is 6.41. The maximum Gasteiger partial charge on any atom is 0.214 e. The molecule has 2 rings (SSSR count). The Balaban J connectivity index is 0.00000112. The average molecular weight is 255 g/mol. The fourth-order valence-electron chi connectivity index (χ4n) is 2.50. The van der Waals surface area contributed by atoms with Gasteiger partial charge in [-0.1, -0.05) is 0 Å². The molecule has 0 aromatic heterocycles. The Morgan fingerprint density at radius 3 is 2.47 bits per heavy atom. The molecule has 0 saturated carbocycles. The zero-order chi connectivity index (χ0) is 10.4. The molecule has 0 aliphatic carbocycles. The van der Waals surface area contributed by atoms with Crippen LogP contribution in [-0.2, 0) is 10.0 Å². The molecule has 1 N–H and O–H groups in total. The molecule has 1 unspecified atom stereocenters. The second-order valence-electron chi connectivity index (χ2n) is 4.82. The van der Waals surface area contributed by atoms with Crippen LogP contribution in [0.1, 0.15) is 20.3 Å². The molecule has 2 aliphatic rings. The molecule has 6 heteroatoms. The van der Waals surface area contributed by atoms with Crippen molar-refractivity contribution >= 4 is 22.4 Å². The average Bonchev–Trinajstić information content (AvgIpc) is 2.57. The van der Waals surface area contributed by atoms with E-state index in [-0.39, 0.29) is 23.9 Å². The van der Waals surface area contributed by atoms with Crippen LogP contribution in [0.5, 0.6) is 0 Å². The minimum absolute atomic E-state index is 0. The monoisotopic (exact) mass is 254 g/mol. The van der Waals surface area contributed by atoms with Crippen molar-refractivity contribution in [2.45, 2.75) is 26.3 Å². The van der Waals surface area contributed by atoms with E-state index in [2.05, 4.69) is 5.32 Å². The highest BCUT2D eigenvalue weighted by Crippen LogP contribution is 2.37. The van der Waals surface area contributed by atoms with Gasteiger partial charge in [0, 0.05) is 24.5 Å². The van der Waals surface area contributed by atoms with Gasteiger partial charge in [-0.2, -0.15) is 4.31 Å². The Hall–Kier alpha value is 0.160. The van der Waals surface area contributed by atoms with Crippen LogP contribution in [0, 0.1) is 5.41 Å². The van der Waals surface area contributed by atoms with E-state index in [1.54, 1.807) is 4.31 Å². The van der Waals surface area contributed by atoms with E-state index < -0.39 is 10.0 Å². The van der Waals surface area contributed by atoms with Gasteiger partial charge in [0.25, 0.3) is 0 Å². The number of rotatable bonds is 1. The Morgan fingerprint density at radius 2 is 2.07 bits per heavy atom. The molecule has 15 heavy (non-hydrogen) atoms. The molecule has 1 atom stereocenters. The van der Waals surface area contributed by atoms with Crippen molar-refractivity contribution in [1.29, 1.82) is 0 Å². The molecule has 0 bridgehead atoms. The van der Waals surface area contributed by atoms with Crippen LogP contribution in [0.3, 0.4) is 0 Å². The smallest absolute Gasteiger partial charge is 0.214 e. The molecule has 2 heterocycles. The first-order chi connectivity index (χ1) is 6.45. The maximum atomic E-state index is 11.9. The highest BCUT2D eigenvalue weighted by Gasteiger charge is 2.49. The Bertz CT molecular complexity index is 323.